The first-order valence-corrected chi connectivity index (χ1v) is 6.57. The second kappa shape index (κ2) is 6.07. The third-order valence-corrected chi connectivity index (χ3v) is 3.89. The Morgan fingerprint density at radius 3 is 2.39 bits per heavy atom. The van der Waals surface area contributed by atoms with Crippen LogP contribution in [0.1, 0.15) is 0 Å². The molecule has 0 N–H and O–H groups in total. The number of hydrogen-bond acceptors (Lipinski definition) is 3. The standard InChI is InChI=1S/C13H7Cl2NOS/c14-9-1-4-11(5-2-9)18-13-6-3-10(16-8-17)7-12(13)15/h1-7H. The first-order chi connectivity index (χ1) is 8.69. The molecule has 2 aromatic rings. The SMILES string of the molecule is O=C=Nc1ccc(Sc2ccc(Cl)cc2)c(Cl)c1. The normalized spacial score (nSPS) is 9.89. The molecule has 5 heteroatoms. The zero-order valence-electron chi connectivity index (χ0n) is 9.06. The molecule has 0 saturated carbocycles. The molecule has 2 rings (SSSR count). The van der Waals surface area contributed by atoms with Crippen LogP contribution in [0.4, 0.5) is 5.69 Å². The van der Waals surface area contributed by atoms with Crippen LogP contribution in [-0.2, 0) is 4.79 Å². The maximum Gasteiger partial charge on any atom is 0.240 e. The van der Waals surface area contributed by atoms with Crippen molar-refractivity contribution in [3.63, 3.8) is 0 Å². The van der Waals surface area contributed by atoms with Gasteiger partial charge >= 0.3 is 0 Å². The van der Waals surface area contributed by atoms with Crippen molar-refractivity contribution in [2.24, 2.45) is 4.99 Å². The minimum atomic E-state index is 0.496. The Kier molecular flexibility index (Phi) is 4.45. The fraction of sp³-hybridized carbons (Fsp3) is 0. The molecule has 0 aliphatic rings. The monoisotopic (exact) mass is 295 g/mol. The van der Waals surface area contributed by atoms with Crippen molar-refractivity contribution in [1.82, 2.24) is 0 Å². The van der Waals surface area contributed by atoms with Crippen LogP contribution in [0.2, 0.25) is 10.0 Å². The summed E-state index contributed by atoms with van der Waals surface area (Å²) in [5.41, 5.74) is 0.496. The van der Waals surface area contributed by atoms with Gasteiger partial charge in [-0.25, -0.2) is 4.79 Å². The Labute approximate surface area is 119 Å². The molecule has 0 radical (unpaired) electrons. The molecule has 0 unspecified atom stereocenters. The lowest BCUT2D eigenvalue weighted by Gasteiger charge is -2.04. The molecule has 0 spiro atoms. The van der Waals surface area contributed by atoms with E-state index in [1.807, 2.05) is 30.3 Å². The molecular weight excluding hydrogens is 289 g/mol. The van der Waals surface area contributed by atoms with Crippen LogP contribution in [0, 0.1) is 0 Å². The highest BCUT2D eigenvalue weighted by atomic mass is 35.5. The Balaban J connectivity index is 2.24. The average molecular weight is 296 g/mol. The largest absolute Gasteiger partial charge is 0.240 e. The Morgan fingerprint density at radius 2 is 1.78 bits per heavy atom. The zero-order chi connectivity index (χ0) is 13.0. The van der Waals surface area contributed by atoms with Gasteiger partial charge in [-0.2, -0.15) is 4.99 Å². The summed E-state index contributed by atoms with van der Waals surface area (Å²) in [6.07, 6.45) is 1.48. The number of hydrogen-bond donors (Lipinski definition) is 0. The number of aliphatic imine (C=N–C) groups is 1. The van der Waals surface area contributed by atoms with Gasteiger partial charge < -0.3 is 0 Å². The molecule has 0 amide bonds. The smallest absolute Gasteiger partial charge is 0.211 e. The van der Waals surface area contributed by atoms with E-state index in [0.29, 0.717) is 15.7 Å². The molecule has 18 heavy (non-hydrogen) atoms. The third-order valence-electron chi connectivity index (χ3n) is 2.13. The van der Waals surface area contributed by atoms with E-state index in [0.717, 1.165) is 9.79 Å². The second-order valence-corrected chi connectivity index (χ2v) is 5.33. The predicted octanol–water partition coefficient (Wildman–Crippen LogP) is 5.11. The second-order valence-electron chi connectivity index (χ2n) is 3.37. The quantitative estimate of drug-likeness (QED) is 0.581. The number of rotatable bonds is 3. The summed E-state index contributed by atoms with van der Waals surface area (Å²) >= 11 is 13.4. The first kappa shape index (κ1) is 13.2. The lowest BCUT2D eigenvalue weighted by Crippen LogP contribution is -1.76. The molecule has 0 fully saturated rings. The van der Waals surface area contributed by atoms with Gasteiger partial charge in [0.2, 0.25) is 6.08 Å². The fourth-order valence-corrected chi connectivity index (χ4v) is 2.56. The van der Waals surface area contributed by atoms with Crippen LogP contribution < -0.4 is 0 Å². The maximum atomic E-state index is 10.1. The van der Waals surface area contributed by atoms with Gasteiger partial charge in [-0.05, 0) is 42.5 Å². The molecule has 90 valence electrons. The predicted molar refractivity (Wildman–Crippen MR) is 74.8 cm³/mol. The van der Waals surface area contributed by atoms with E-state index in [1.54, 1.807) is 12.1 Å². The molecule has 0 heterocycles. The number of halogens is 2. The van der Waals surface area contributed by atoms with Gasteiger partial charge in [0.25, 0.3) is 0 Å². The van der Waals surface area contributed by atoms with Gasteiger partial charge in [0, 0.05) is 14.8 Å². The fourth-order valence-electron chi connectivity index (χ4n) is 1.32. The molecule has 0 atom stereocenters. The number of carbonyl (C=O) groups excluding carboxylic acids is 1. The van der Waals surface area contributed by atoms with Gasteiger partial charge in [-0.1, -0.05) is 35.0 Å². The van der Waals surface area contributed by atoms with E-state index in [1.165, 1.54) is 17.8 Å². The molecule has 0 bridgehead atoms. The maximum absolute atomic E-state index is 10.1. The molecule has 0 aliphatic heterocycles. The van der Waals surface area contributed by atoms with Crippen molar-refractivity contribution in [1.29, 1.82) is 0 Å². The molecule has 0 aromatic heterocycles. The van der Waals surface area contributed by atoms with Gasteiger partial charge in [-0.3, -0.25) is 0 Å². The highest BCUT2D eigenvalue weighted by molar-refractivity contribution is 7.99. The highest BCUT2D eigenvalue weighted by Gasteiger charge is 2.04. The van der Waals surface area contributed by atoms with E-state index in [4.69, 9.17) is 23.2 Å². The van der Waals surface area contributed by atoms with E-state index < -0.39 is 0 Å². The first-order valence-electron chi connectivity index (χ1n) is 5.00. The van der Waals surface area contributed by atoms with Crippen LogP contribution in [0.15, 0.2) is 57.2 Å². The topological polar surface area (TPSA) is 29.4 Å². The molecule has 2 aromatic carbocycles. The van der Waals surface area contributed by atoms with Gasteiger partial charge in [0.05, 0.1) is 10.7 Å². The van der Waals surface area contributed by atoms with Crippen LogP contribution in [0.25, 0.3) is 0 Å². The molecular formula is C13H7Cl2NOS. The molecule has 0 aliphatic carbocycles. The Bertz CT molecular complexity index is 607. The van der Waals surface area contributed by atoms with E-state index in [-0.39, 0.29) is 0 Å². The summed E-state index contributed by atoms with van der Waals surface area (Å²) in [6, 6.07) is 12.6. The summed E-state index contributed by atoms with van der Waals surface area (Å²) in [6.45, 7) is 0. The van der Waals surface area contributed by atoms with Crippen molar-refractivity contribution < 1.29 is 4.79 Å². The van der Waals surface area contributed by atoms with Crippen molar-refractivity contribution in [3.05, 3.63) is 52.5 Å². The summed E-state index contributed by atoms with van der Waals surface area (Å²) in [7, 11) is 0. The van der Waals surface area contributed by atoms with Crippen LogP contribution in [0.5, 0.6) is 0 Å². The van der Waals surface area contributed by atoms with Crippen LogP contribution in [-0.4, -0.2) is 6.08 Å². The lowest BCUT2D eigenvalue weighted by molar-refractivity contribution is 0.565. The minimum absolute atomic E-state index is 0.496. The summed E-state index contributed by atoms with van der Waals surface area (Å²) in [4.78, 5) is 15.6. The van der Waals surface area contributed by atoms with Crippen molar-refractivity contribution in [2.75, 3.05) is 0 Å². The molecule has 2 nitrogen and oxygen atoms in total. The summed E-state index contributed by atoms with van der Waals surface area (Å²) < 4.78 is 0. The Morgan fingerprint density at radius 1 is 1.06 bits per heavy atom. The van der Waals surface area contributed by atoms with Gasteiger partial charge in [0.1, 0.15) is 0 Å². The number of nitrogens with zero attached hydrogens (tertiary/aromatic N) is 1. The highest BCUT2D eigenvalue weighted by Crippen LogP contribution is 2.35. The lowest BCUT2D eigenvalue weighted by atomic mass is 10.3. The van der Waals surface area contributed by atoms with E-state index in [2.05, 4.69) is 4.99 Å². The average Bonchev–Trinajstić information content (AvgIpc) is 2.36. The van der Waals surface area contributed by atoms with E-state index in [9.17, 15) is 4.79 Å². The van der Waals surface area contributed by atoms with Crippen LogP contribution >= 0.6 is 35.0 Å². The van der Waals surface area contributed by atoms with Crippen molar-refractivity contribution >= 4 is 46.7 Å². The minimum Gasteiger partial charge on any atom is -0.211 e. The van der Waals surface area contributed by atoms with Gasteiger partial charge in [0.15, 0.2) is 0 Å². The van der Waals surface area contributed by atoms with Crippen molar-refractivity contribution in [2.45, 2.75) is 9.79 Å². The molecule has 0 saturated heterocycles. The number of isocyanates is 1. The Hall–Kier alpha value is -1.25. The van der Waals surface area contributed by atoms with E-state index >= 15 is 0 Å². The summed E-state index contributed by atoms with van der Waals surface area (Å²) in [5.74, 6) is 0. The zero-order valence-corrected chi connectivity index (χ0v) is 11.4. The van der Waals surface area contributed by atoms with Crippen molar-refractivity contribution in [3.8, 4) is 0 Å². The van der Waals surface area contributed by atoms with Gasteiger partial charge in [-0.15, -0.1) is 0 Å². The third kappa shape index (κ3) is 3.37. The summed E-state index contributed by atoms with van der Waals surface area (Å²) in [5, 5.41) is 1.24. The van der Waals surface area contributed by atoms with Crippen LogP contribution in [0.3, 0.4) is 0 Å². The number of benzene rings is 2.